The average molecular weight is 261 g/mol. The second kappa shape index (κ2) is 5.97. The lowest BCUT2D eigenvalue weighted by molar-refractivity contribution is 0.0844. The van der Waals surface area contributed by atoms with Crippen molar-refractivity contribution in [3.63, 3.8) is 0 Å². The van der Waals surface area contributed by atoms with E-state index in [2.05, 4.69) is 23.3 Å². The van der Waals surface area contributed by atoms with Crippen molar-refractivity contribution in [3.8, 4) is 0 Å². The van der Waals surface area contributed by atoms with Crippen molar-refractivity contribution in [2.45, 2.75) is 44.4 Å². The van der Waals surface area contributed by atoms with E-state index in [1.807, 2.05) is 0 Å². The molecule has 1 unspecified atom stereocenters. The summed E-state index contributed by atoms with van der Waals surface area (Å²) in [5.41, 5.74) is 2.34. The van der Waals surface area contributed by atoms with Gasteiger partial charge in [-0.1, -0.05) is 0 Å². The van der Waals surface area contributed by atoms with Crippen LogP contribution in [0, 0.1) is 6.92 Å². The molecular formula is C15H23N3O. The molecule has 0 amide bonds. The minimum atomic E-state index is 0.493. The lowest BCUT2D eigenvalue weighted by atomic mass is 9.94. The molecule has 2 fully saturated rings. The van der Waals surface area contributed by atoms with Crippen molar-refractivity contribution >= 4 is 0 Å². The lowest BCUT2D eigenvalue weighted by Gasteiger charge is -2.25. The van der Waals surface area contributed by atoms with Gasteiger partial charge < -0.3 is 10.1 Å². The van der Waals surface area contributed by atoms with Gasteiger partial charge in [-0.2, -0.15) is 0 Å². The maximum absolute atomic E-state index is 5.44. The molecule has 19 heavy (non-hydrogen) atoms. The second-order valence-corrected chi connectivity index (χ2v) is 5.72. The highest BCUT2D eigenvalue weighted by Crippen LogP contribution is 2.28. The molecule has 0 saturated carbocycles. The molecule has 3 heterocycles. The fraction of sp³-hybridized carbons (Fsp3) is 0.733. The Kier molecular flexibility index (Phi) is 4.09. The van der Waals surface area contributed by atoms with E-state index in [4.69, 9.17) is 9.72 Å². The van der Waals surface area contributed by atoms with Crippen molar-refractivity contribution in [2.75, 3.05) is 26.3 Å². The predicted octanol–water partition coefficient (Wildman–Crippen LogP) is 2.15. The first-order valence-corrected chi connectivity index (χ1v) is 7.47. The molecule has 1 aromatic heterocycles. The first-order chi connectivity index (χ1) is 9.33. The molecule has 0 aliphatic carbocycles. The van der Waals surface area contributed by atoms with Crippen LogP contribution in [0.5, 0.6) is 0 Å². The van der Waals surface area contributed by atoms with Gasteiger partial charge in [0.1, 0.15) is 5.82 Å². The summed E-state index contributed by atoms with van der Waals surface area (Å²) in [5, 5.41) is 3.45. The molecule has 3 rings (SSSR count). The summed E-state index contributed by atoms with van der Waals surface area (Å²) in [6, 6.07) is 2.16. The maximum atomic E-state index is 5.44. The van der Waals surface area contributed by atoms with Gasteiger partial charge in [0.05, 0.1) is 0 Å². The van der Waals surface area contributed by atoms with E-state index in [1.54, 1.807) is 0 Å². The molecule has 1 aromatic rings. The highest BCUT2D eigenvalue weighted by molar-refractivity contribution is 5.17. The van der Waals surface area contributed by atoms with Crippen molar-refractivity contribution in [1.82, 2.24) is 15.3 Å². The number of nitrogens with zero attached hydrogens (tertiary/aromatic N) is 2. The highest BCUT2D eigenvalue weighted by atomic mass is 16.5. The Bertz CT molecular complexity index is 387. The van der Waals surface area contributed by atoms with Crippen molar-refractivity contribution in [3.05, 3.63) is 23.3 Å². The smallest absolute Gasteiger partial charge is 0.133 e. The monoisotopic (exact) mass is 261 g/mol. The van der Waals surface area contributed by atoms with Gasteiger partial charge in [0.15, 0.2) is 0 Å². The lowest BCUT2D eigenvalue weighted by Crippen LogP contribution is -2.30. The van der Waals surface area contributed by atoms with Crippen LogP contribution in [-0.2, 0) is 4.74 Å². The van der Waals surface area contributed by atoms with E-state index in [0.29, 0.717) is 11.8 Å². The largest absolute Gasteiger partial charge is 0.381 e. The van der Waals surface area contributed by atoms with E-state index < -0.39 is 0 Å². The van der Waals surface area contributed by atoms with E-state index >= 15 is 0 Å². The van der Waals surface area contributed by atoms with E-state index in [9.17, 15) is 0 Å². The molecule has 1 atom stereocenters. The van der Waals surface area contributed by atoms with Crippen LogP contribution in [0.2, 0.25) is 0 Å². The topological polar surface area (TPSA) is 47.0 Å². The number of hydrogen-bond donors (Lipinski definition) is 1. The predicted molar refractivity (Wildman–Crippen MR) is 74.4 cm³/mol. The summed E-state index contributed by atoms with van der Waals surface area (Å²) >= 11 is 0. The summed E-state index contributed by atoms with van der Waals surface area (Å²) in [5.74, 6) is 2.10. The van der Waals surface area contributed by atoms with E-state index in [0.717, 1.165) is 50.7 Å². The third kappa shape index (κ3) is 3.12. The van der Waals surface area contributed by atoms with E-state index in [1.165, 1.54) is 18.5 Å². The summed E-state index contributed by atoms with van der Waals surface area (Å²) in [4.78, 5) is 9.54. The van der Waals surface area contributed by atoms with Crippen LogP contribution in [-0.4, -0.2) is 36.3 Å². The fourth-order valence-electron chi connectivity index (χ4n) is 3.07. The Morgan fingerprint density at radius 3 is 2.74 bits per heavy atom. The van der Waals surface area contributed by atoms with Gasteiger partial charge in [0.2, 0.25) is 0 Å². The number of hydrogen-bond acceptors (Lipinski definition) is 4. The SMILES string of the molecule is Cc1cc(C2CCOCC2)nc(C2CCCNC2)n1. The summed E-state index contributed by atoms with van der Waals surface area (Å²) < 4.78 is 5.44. The van der Waals surface area contributed by atoms with Crippen molar-refractivity contribution in [1.29, 1.82) is 0 Å². The minimum Gasteiger partial charge on any atom is -0.381 e. The van der Waals surface area contributed by atoms with Gasteiger partial charge in [-0.3, -0.25) is 0 Å². The molecule has 104 valence electrons. The summed E-state index contributed by atoms with van der Waals surface area (Å²) in [6.07, 6.45) is 4.63. The Morgan fingerprint density at radius 2 is 2.00 bits per heavy atom. The first-order valence-electron chi connectivity index (χ1n) is 7.47. The van der Waals surface area contributed by atoms with Crippen LogP contribution in [0.15, 0.2) is 6.07 Å². The Hall–Kier alpha value is -1.00. The number of rotatable bonds is 2. The first kappa shape index (κ1) is 13.0. The third-order valence-electron chi connectivity index (χ3n) is 4.19. The standard InChI is InChI=1S/C15H23N3O/c1-11-9-14(12-4-7-19-8-5-12)18-15(17-11)13-3-2-6-16-10-13/h9,12-13,16H,2-8,10H2,1H3. The maximum Gasteiger partial charge on any atom is 0.133 e. The molecule has 1 N–H and O–H groups in total. The number of aryl methyl sites for hydroxylation is 1. The average Bonchev–Trinajstić information content (AvgIpc) is 2.48. The Labute approximate surface area is 115 Å². The molecule has 0 radical (unpaired) electrons. The zero-order valence-corrected chi connectivity index (χ0v) is 11.7. The summed E-state index contributed by atoms with van der Waals surface area (Å²) in [7, 11) is 0. The number of piperidine rings is 1. The molecule has 2 saturated heterocycles. The molecule has 0 bridgehead atoms. The highest BCUT2D eigenvalue weighted by Gasteiger charge is 2.22. The third-order valence-corrected chi connectivity index (χ3v) is 4.19. The minimum absolute atomic E-state index is 0.493. The second-order valence-electron chi connectivity index (χ2n) is 5.72. The van der Waals surface area contributed by atoms with Gasteiger partial charge in [0.25, 0.3) is 0 Å². The fourth-order valence-corrected chi connectivity index (χ4v) is 3.07. The zero-order valence-electron chi connectivity index (χ0n) is 11.7. The van der Waals surface area contributed by atoms with Gasteiger partial charge in [-0.15, -0.1) is 0 Å². The molecule has 0 spiro atoms. The van der Waals surface area contributed by atoms with Crippen LogP contribution >= 0.6 is 0 Å². The van der Waals surface area contributed by atoms with Crippen LogP contribution in [0.3, 0.4) is 0 Å². The number of ether oxygens (including phenoxy) is 1. The number of nitrogens with one attached hydrogen (secondary N) is 1. The van der Waals surface area contributed by atoms with Crippen molar-refractivity contribution < 1.29 is 4.74 Å². The zero-order chi connectivity index (χ0) is 13.1. The normalized spacial score (nSPS) is 25.4. The van der Waals surface area contributed by atoms with Crippen LogP contribution in [0.25, 0.3) is 0 Å². The Morgan fingerprint density at radius 1 is 1.16 bits per heavy atom. The molecule has 4 nitrogen and oxygen atoms in total. The van der Waals surface area contributed by atoms with Crippen molar-refractivity contribution in [2.24, 2.45) is 0 Å². The van der Waals surface area contributed by atoms with Crippen LogP contribution in [0.1, 0.15) is 54.7 Å². The Balaban J connectivity index is 1.82. The molecule has 0 aromatic carbocycles. The molecule has 2 aliphatic rings. The molecular weight excluding hydrogens is 238 g/mol. The van der Waals surface area contributed by atoms with Crippen LogP contribution in [0.4, 0.5) is 0 Å². The van der Waals surface area contributed by atoms with E-state index in [-0.39, 0.29) is 0 Å². The number of aromatic nitrogens is 2. The van der Waals surface area contributed by atoms with Crippen LogP contribution < -0.4 is 5.32 Å². The van der Waals surface area contributed by atoms with Gasteiger partial charge >= 0.3 is 0 Å². The summed E-state index contributed by atoms with van der Waals surface area (Å²) in [6.45, 7) is 5.98. The van der Waals surface area contributed by atoms with Gasteiger partial charge in [-0.25, -0.2) is 9.97 Å². The molecule has 2 aliphatic heterocycles. The molecule has 4 heteroatoms. The van der Waals surface area contributed by atoms with Gasteiger partial charge in [0, 0.05) is 43.0 Å². The quantitative estimate of drug-likeness (QED) is 0.886. The van der Waals surface area contributed by atoms with Gasteiger partial charge in [-0.05, 0) is 45.2 Å².